The van der Waals surface area contributed by atoms with E-state index >= 15 is 0 Å². The summed E-state index contributed by atoms with van der Waals surface area (Å²) in [6.07, 6.45) is 0.179. The first-order chi connectivity index (χ1) is 17.9. The van der Waals surface area contributed by atoms with Crippen molar-refractivity contribution in [3.63, 3.8) is 0 Å². The molecule has 0 aliphatic heterocycles. The van der Waals surface area contributed by atoms with Crippen LogP contribution in [0.2, 0.25) is 0 Å². The van der Waals surface area contributed by atoms with E-state index in [9.17, 15) is 14.4 Å². The van der Waals surface area contributed by atoms with Crippen molar-refractivity contribution >= 4 is 22.5 Å². The van der Waals surface area contributed by atoms with Crippen LogP contribution in [0.15, 0.2) is 107 Å². The van der Waals surface area contributed by atoms with Gasteiger partial charge in [0.25, 0.3) is 5.56 Å². The number of aryl methyl sites for hydroxylation is 2. The van der Waals surface area contributed by atoms with Gasteiger partial charge in [0, 0.05) is 5.69 Å². The third kappa shape index (κ3) is 5.14. The number of fused-ring (bicyclic) bond motifs is 1. The molecule has 37 heavy (non-hydrogen) atoms. The lowest BCUT2D eigenvalue weighted by molar-refractivity contribution is -0.115. The SMILES string of the molecule is Cc1ccc(Cn2c(=O)n(-c3ccc(CC(=O)Nc4cccc(C)c4)cc3)c(=O)c3ccccc32)cc1. The summed E-state index contributed by atoms with van der Waals surface area (Å²) in [7, 11) is 0. The number of rotatable bonds is 6. The van der Waals surface area contributed by atoms with Gasteiger partial charge < -0.3 is 5.32 Å². The highest BCUT2D eigenvalue weighted by molar-refractivity contribution is 5.92. The van der Waals surface area contributed by atoms with Crippen LogP contribution in [0, 0.1) is 13.8 Å². The number of nitrogens with zero attached hydrogens (tertiary/aromatic N) is 2. The van der Waals surface area contributed by atoms with Crippen molar-refractivity contribution in [1.29, 1.82) is 0 Å². The molecule has 184 valence electrons. The third-order valence-electron chi connectivity index (χ3n) is 6.37. The molecule has 1 N–H and O–H groups in total. The molecule has 1 heterocycles. The van der Waals surface area contributed by atoms with E-state index in [4.69, 9.17) is 0 Å². The van der Waals surface area contributed by atoms with Crippen molar-refractivity contribution in [2.75, 3.05) is 5.32 Å². The highest BCUT2D eigenvalue weighted by Gasteiger charge is 2.15. The first-order valence-electron chi connectivity index (χ1n) is 12.1. The predicted molar refractivity (Wildman–Crippen MR) is 148 cm³/mol. The van der Waals surface area contributed by atoms with Gasteiger partial charge in [-0.2, -0.15) is 0 Å². The Morgan fingerprint density at radius 3 is 2.19 bits per heavy atom. The molecule has 5 rings (SSSR count). The molecule has 0 unspecified atom stereocenters. The van der Waals surface area contributed by atoms with Crippen LogP contribution in [-0.2, 0) is 17.8 Å². The van der Waals surface area contributed by atoms with Gasteiger partial charge in [-0.15, -0.1) is 0 Å². The molecule has 6 heteroatoms. The quantitative estimate of drug-likeness (QED) is 0.365. The lowest BCUT2D eigenvalue weighted by Crippen LogP contribution is -2.39. The van der Waals surface area contributed by atoms with E-state index in [0.717, 1.165) is 27.9 Å². The third-order valence-corrected chi connectivity index (χ3v) is 6.37. The second-order valence-corrected chi connectivity index (χ2v) is 9.27. The number of benzene rings is 4. The predicted octanol–water partition coefficient (Wildman–Crippen LogP) is 5.00. The Morgan fingerprint density at radius 2 is 1.46 bits per heavy atom. The van der Waals surface area contributed by atoms with Crippen molar-refractivity contribution < 1.29 is 4.79 Å². The summed E-state index contributed by atoms with van der Waals surface area (Å²) in [5.74, 6) is -0.137. The average Bonchev–Trinajstić information content (AvgIpc) is 2.89. The summed E-state index contributed by atoms with van der Waals surface area (Å²) in [6, 6.07) is 29.7. The van der Waals surface area contributed by atoms with E-state index in [1.807, 2.05) is 68.4 Å². The Balaban J connectivity index is 1.47. The van der Waals surface area contributed by atoms with E-state index in [1.54, 1.807) is 47.0 Å². The molecule has 1 aromatic heterocycles. The number of amides is 1. The monoisotopic (exact) mass is 489 g/mol. The summed E-state index contributed by atoms with van der Waals surface area (Å²) in [6.45, 7) is 4.33. The molecule has 4 aromatic carbocycles. The molecule has 0 radical (unpaired) electrons. The van der Waals surface area contributed by atoms with E-state index in [1.165, 1.54) is 4.57 Å². The molecule has 0 aliphatic rings. The van der Waals surface area contributed by atoms with E-state index in [-0.39, 0.29) is 17.9 Å². The van der Waals surface area contributed by atoms with Gasteiger partial charge in [-0.3, -0.25) is 14.2 Å². The van der Waals surface area contributed by atoms with E-state index < -0.39 is 5.69 Å². The minimum atomic E-state index is -0.408. The normalized spacial score (nSPS) is 11.0. The summed E-state index contributed by atoms with van der Waals surface area (Å²) in [5.41, 5.74) is 4.98. The van der Waals surface area contributed by atoms with Crippen molar-refractivity contribution in [3.8, 4) is 5.69 Å². The number of carbonyl (C=O) groups excluding carboxylic acids is 1. The van der Waals surface area contributed by atoms with Crippen molar-refractivity contribution in [2.45, 2.75) is 26.8 Å². The van der Waals surface area contributed by atoms with Crippen LogP contribution in [0.5, 0.6) is 0 Å². The Hall–Kier alpha value is -4.71. The second-order valence-electron chi connectivity index (χ2n) is 9.27. The molecular weight excluding hydrogens is 462 g/mol. The number of hydrogen-bond acceptors (Lipinski definition) is 3. The van der Waals surface area contributed by atoms with Crippen LogP contribution in [0.1, 0.15) is 22.3 Å². The second kappa shape index (κ2) is 10.1. The molecule has 0 saturated carbocycles. The first kappa shape index (κ1) is 24.0. The zero-order chi connectivity index (χ0) is 25.9. The van der Waals surface area contributed by atoms with Gasteiger partial charge in [-0.05, 0) is 66.9 Å². The zero-order valence-electron chi connectivity index (χ0n) is 20.8. The molecule has 0 saturated heterocycles. The molecule has 0 atom stereocenters. The van der Waals surface area contributed by atoms with E-state index in [0.29, 0.717) is 23.1 Å². The molecule has 5 aromatic rings. The fourth-order valence-corrected chi connectivity index (χ4v) is 4.45. The number of anilines is 1. The van der Waals surface area contributed by atoms with Gasteiger partial charge in [0.2, 0.25) is 5.91 Å². The molecule has 0 bridgehead atoms. The number of para-hydroxylation sites is 1. The van der Waals surface area contributed by atoms with Gasteiger partial charge >= 0.3 is 5.69 Å². The van der Waals surface area contributed by atoms with Gasteiger partial charge in [0.15, 0.2) is 0 Å². The van der Waals surface area contributed by atoms with Crippen LogP contribution in [0.3, 0.4) is 0 Å². The fraction of sp³-hybridized carbons (Fsp3) is 0.129. The summed E-state index contributed by atoms with van der Waals surface area (Å²) in [4.78, 5) is 39.5. The molecule has 0 spiro atoms. The maximum absolute atomic E-state index is 13.6. The van der Waals surface area contributed by atoms with Crippen molar-refractivity contribution in [1.82, 2.24) is 9.13 Å². The van der Waals surface area contributed by atoms with Crippen LogP contribution in [0.4, 0.5) is 5.69 Å². The average molecular weight is 490 g/mol. The smallest absolute Gasteiger partial charge is 0.326 e. The molecule has 0 fully saturated rings. The molecular formula is C31H27N3O3. The van der Waals surface area contributed by atoms with Gasteiger partial charge in [0.1, 0.15) is 0 Å². The van der Waals surface area contributed by atoms with Crippen molar-refractivity contribution in [2.24, 2.45) is 0 Å². The molecule has 6 nitrogen and oxygen atoms in total. The topological polar surface area (TPSA) is 73.1 Å². The van der Waals surface area contributed by atoms with Gasteiger partial charge in [-0.1, -0.05) is 66.2 Å². The van der Waals surface area contributed by atoms with Crippen LogP contribution < -0.4 is 16.6 Å². The zero-order valence-corrected chi connectivity index (χ0v) is 20.8. The summed E-state index contributed by atoms with van der Waals surface area (Å²) >= 11 is 0. The number of nitrogens with one attached hydrogen (secondary N) is 1. The molecule has 1 amide bonds. The maximum atomic E-state index is 13.6. The fourth-order valence-electron chi connectivity index (χ4n) is 4.45. The minimum Gasteiger partial charge on any atom is -0.326 e. The standard InChI is InChI=1S/C31H27N3O3/c1-21-10-12-24(13-11-21)20-33-28-9-4-3-8-27(28)30(36)34(31(33)37)26-16-14-23(15-17-26)19-29(35)32-25-7-5-6-22(2)18-25/h3-18H,19-20H2,1-2H3,(H,32,35). The number of hydrogen-bond donors (Lipinski definition) is 1. The number of aromatic nitrogens is 2. The lowest BCUT2D eigenvalue weighted by Gasteiger charge is -2.15. The first-order valence-corrected chi connectivity index (χ1v) is 12.1. The van der Waals surface area contributed by atoms with Crippen molar-refractivity contribution in [3.05, 3.63) is 140 Å². The minimum absolute atomic E-state index is 0.137. The maximum Gasteiger partial charge on any atom is 0.336 e. The highest BCUT2D eigenvalue weighted by Crippen LogP contribution is 2.15. The van der Waals surface area contributed by atoms with Crippen LogP contribution in [0.25, 0.3) is 16.6 Å². The lowest BCUT2D eigenvalue weighted by atomic mass is 10.1. The largest absolute Gasteiger partial charge is 0.336 e. The number of carbonyl (C=O) groups is 1. The van der Waals surface area contributed by atoms with E-state index in [2.05, 4.69) is 5.32 Å². The molecule has 0 aliphatic carbocycles. The Morgan fingerprint density at radius 1 is 0.757 bits per heavy atom. The van der Waals surface area contributed by atoms with Gasteiger partial charge in [0.05, 0.1) is 29.6 Å². The van der Waals surface area contributed by atoms with Crippen LogP contribution in [-0.4, -0.2) is 15.0 Å². The Bertz CT molecular complexity index is 1710. The highest BCUT2D eigenvalue weighted by atomic mass is 16.2. The summed E-state index contributed by atoms with van der Waals surface area (Å²) < 4.78 is 2.83. The summed E-state index contributed by atoms with van der Waals surface area (Å²) in [5, 5.41) is 3.37. The Labute approximate surface area is 214 Å². The Kier molecular flexibility index (Phi) is 6.56. The van der Waals surface area contributed by atoms with Crippen LogP contribution >= 0.6 is 0 Å². The van der Waals surface area contributed by atoms with Gasteiger partial charge in [-0.25, -0.2) is 9.36 Å².